The Morgan fingerprint density at radius 1 is 1.10 bits per heavy atom. The van der Waals surface area contributed by atoms with Crippen LogP contribution in [0.3, 0.4) is 0 Å². The van der Waals surface area contributed by atoms with Crippen molar-refractivity contribution >= 4 is 40.5 Å². The molecule has 2 aromatic carbocycles. The van der Waals surface area contributed by atoms with Crippen LogP contribution in [0.2, 0.25) is 5.02 Å². The third-order valence-electron chi connectivity index (χ3n) is 3.14. The lowest BCUT2D eigenvalue weighted by atomic mass is 10.2. The Morgan fingerprint density at radius 3 is 2.52 bits per heavy atom. The summed E-state index contributed by atoms with van der Waals surface area (Å²) in [6, 6.07) is 11.1. The summed E-state index contributed by atoms with van der Waals surface area (Å²) in [4.78, 5) is 25.5. The summed E-state index contributed by atoms with van der Waals surface area (Å²) in [7, 11) is 0. The minimum absolute atomic E-state index is 0.0986. The van der Waals surface area contributed by atoms with Crippen LogP contribution < -0.4 is 10.2 Å². The van der Waals surface area contributed by atoms with Gasteiger partial charge in [0.1, 0.15) is 12.2 Å². The number of phenolic OH excluding ortho intramolecular Hbond substituents is 1. The van der Waals surface area contributed by atoms with Crippen molar-refractivity contribution in [3.63, 3.8) is 0 Å². The maximum Gasteiger partial charge on any atom is 0.241 e. The topological polar surface area (TPSA) is 69.6 Å². The average Bonchev–Trinajstić information content (AvgIpc) is 2.55. The molecular weight excluding hydrogens is 292 g/mol. The molecule has 5 nitrogen and oxygen atoms in total. The number of amides is 2. The normalized spacial score (nSPS) is 14.4. The van der Waals surface area contributed by atoms with Crippen LogP contribution in [0.1, 0.15) is 6.42 Å². The van der Waals surface area contributed by atoms with Crippen LogP contribution >= 0.6 is 11.6 Å². The van der Waals surface area contributed by atoms with E-state index in [4.69, 9.17) is 11.6 Å². The number of nitrogens with zero attached hydrogens (tertiary/aromatic N) is 1. The number of nitrogens with one attached hydrogen (secondary N) is 1. The number of fused-ring (bicyclic) bond motifs is 1. The second-order valence-corrected chi connectivity index (χ2v) is 5.07. The number of halogens is 1. The molecule has 0 aliphatic carbocycles. The van der Waals surface area contributed by atoms with Crippen molar-refractivity contribution in [3.8, 4) is 5.75 Å². The van der Waals surface area contributed by atoms with Gasteiger partial charge in [-0.2, -0.15) is 0 Å². The molecule has 0 fully saturated rings. The Hall–Kier alpha value is -2.53. The largest absolute Gasteiger partial charge is 0.508 e. The van der Waals surface area contributed by atoms with E-state index in [1.807, 2.05) is 0 Å². The first-order chi connectivity index (χ1) is 10.0. The third kappa shape index (κ3) is 2.55. The molecule has 21 heavy (non-hydrogen) atoms. The summed E-state index contributed by atoms with van der Waals surface area (Å²) in [5, 5.41) is 12.5. The van der Waals surface area contributed by atoms with Gasteiger partial charge >= 0.3 is 0 Å². The molecule has 2 aromatic rings. The molecule has 0 unspecified atom stereocenters. The van der Waals surface area contributed by atoms with Crippen LogP contribution in [0.4, 0.5) is 17.1 Å². The fourth-order valence-corrected chi connectivity index (χ4v) is 2.39. The molecule has 0 bridgehead atoms. The summed E-state index contributed by atoms with van der Waals surface area (Å²) in [6.07, 6.45) is -0.257. The lowest BCUT2D eigenvalue weighted by Crippen LogP contribution is -2.26. The highest BCUT2D eigenvalue weighted by Crippen LogP contribution is 2.37. The Morgan fingerprint density at radius 2 is 1.81 bits per heavy atom. The average molecular weight is 303 g/mol. The van der Waals surface area contributed by atoms with E-state index in [1.54, 1.807) is 30.3 Å². The first-order valence-corrected chi connectivity index (χ1v) is 6.64. The fourth-order valence-electron chi connectivity index (χ4n) is 2.23. The molecule has 3 rings (SSSR count). The van der Waals surface area contributed by atoms with Crippen molar-refractivity contribution < 1.29 is 14.7 Å². The molecule has 1 aliphatic heterocycles. The molecule has 0 spiro atoms. The molecule has 106 valence electrons. The molecule has 0 atom stereocenters. The Labute approximate surface area is 125 Å². The number of carbonyl (C=O) groups is 2. The predicted molar refractivity (Wildman–Crippen MR) is 80.0 cm³/mol. The first kappa shape index (κ1) is 13.5. The van der Waals surface area contributed by atoms with E-state index in [0.717, 1.165) is 0 Å². The summed E-state index contributed by atoms with van der Waals surface area (Å²) >= 11 is 6.00. The quantitative estimate of drug-likeness (QED) is 0.795. The molecule has 0 aromatic heterocycles. The van der Waals surface area contributed by atoms with Crippen LogP contribution in [0.25, 0.3) is 0 Å². The van der Waals surface area contributed by atoms with Crippen LogP contribution in [0, 0.1) is 0 Å². The van der Waals surface area contributed by atoms with Gasteiger partial charge in [0, 0.05) is 10.7 Å². The molecule has 2 amide bonds. The summed E-state index contributed by atoms with van der Waals surface area (Å²) in [6.45, 7) is 0. The summed E-state index contributed by atoms with van der Waals surface area (Å²) in [5.74, 6) is -0.634. The number of hydrogen-bond acceptors (Lipinski definition) is 3. The van der Waals surface area contributed by atoms with E-state index in [9.17, 15) is 14.7 Å². The maximum absolute atomic E-state index is 12.3. The van der Waals surface area contributed by atoms with E-state index in [2.05, 4.69) is 5.32 Å². The van der Waals surface area contributed by atoms with Gasteiger partial charge in [-0.3, -0.25) is 14.5 Å². The molecule has 6 heteroatoms. The van der Waals surface area contributed by atoms with Crippen LogP contribution in [0.15, 0.2) is 42.5 Å². The van der Waals surface area contributed by atoms with E-state index in [-0.39, 0.29) is 24.0 Å². The number of carbonyl (C=O) groups excluding carboxylic acids is 2. The Kier molecular flexibility index (Phi) is 3.27. The van der Waals surface area contributed by atoms with Crippen molar-refractivity contribution in [2.24, 2.45) is 0 Å². The van der Waals surface area contributed by atoms with Crippen LogP contribution in [-0.2, 0) is 9.59 Å². The van der Waals surface area contributed by atoms with Crippen molar-refractivity contribution in [2.45, 2.75) is 6.42 Å². The SMILES string of the molecule is O=C1CC(=O)N(c2ccc(O)cc2)c2cc(Cl)ccc2N1. The molecule has 0 saturated heterocycles. The van der Waals surface area contributed by atoms with Crippen molar-refractivity contribution in [3.05, 3.63) is 47.5 Å². The number of anilines is 3. The highest BCUT2D eigenvalue weighted by molar-refractivity contribution is 6.31. The van der Waals surface area contributed by atoms with E-state index in [1.165, 1.54) is 17.0 Å². The molecule has 2 N–H and O–H groups in total. The predicted octanol–water partition coefficient (Wildman–Crippen LogP) is 3.05. The van der Waals surface area contributed by atoms with Gasteiger partial charge < -0.3 is 10.4 Å². The molecule has 1 aliphatic rings. The van der Waals surface area contributed by atoms with Crippen molar-refractivity contribution in [1.29, 1.82) is 0 Å². The minimum atomic E-state index is -0.371. The second-order valence-electron chi connectivity index (χ2n) is 4.63. The molecule has 0 radical (unpaired) electrons. The minimum Gasteiger partial charge on any atom is -0.508 e. The molecular formula is C15H11ClN2O3. The van der Waals surface area contributed by atoms with Gasteiger partial charge in [-0.25, -0.2) is 0 Å². The van der Waals surface area contributed by atoms with Gasteiger partial charge in [0.05, 0.1) is 11.4 Å². The standard InChI is InChI=1S/C15H11ClN2O3/c16-9-1-6-12-13(7-9)18(15(21)8-14(20)17-12)10-2-4-11(19)5-3-10/h1-7,19H,8H2,(H,17,20). The van der Waals surface area contributed by atoms with E-state index < -0.39 is 0 Å². The van der Waals surface area contributed by atoms with Gasteiger partial charge in [-0.1, -0.05) is 11.6 Å². The zero-order valence-electron chi connectivity index (χ0n) is 10.8. The lowest BCUT2D eigenvalue weighted by molar-refractivity contribution is -0.124. The smallest absolute Gasteiger partial charge is 0.241 e. The monoisotopic (exact) mass is 302 g/mol. The summed E-state index contributed by atoms with van der Waals surface area (Å²) in [5.41, 5.74) is 1.57. The first-order valence-electron chi connectivity index (χ1n) is 6.26. The zero-order chi connectivity index (χ0) is 15.0. The van der Waals surface area contributed by atoms with Gasteiger partial charge in [-0.05, 0) is 42.5 Å². The number of aromatic hydroxyl groups is 1. The lowest BCUT2D eigenvalue weighted by Gasteiger charge is -2.22. The molecule has 0 saturated carbocycles. The number of benzene rings is 2. The summed E-state index contributed by atoms with van der Waals surface area (Å²) < 4.78 is 0. The van der Waals surface area contributed by atoms with Gasteiger partial charge in [0.2, 0.25) is 11.8 Å². The van der Waals surface area contributed by atoms with Crippen molar-refractivity contribution in [2.75, 3.05) is 10.2 Å². The van der Waals surface area contributed by atoms with E-state index in [0.29, 0.717) is 22.1 Å². The highest BCUT2D eigenvalue weighted by Gasteiger charge is 2.27. The number of hydrogen-bond donors (Lipinski definition) is 2. The Bertz CT molecular complexity index is 728. The van der Waals surface area contributed by atoms with Crippen molar-refractivity contribution in [1.82, 2.24) is 0 Å². The van der Waals surface area contributed by atoms with Gasteiger partial charge in [-0.15, -0.1) is 0 Å². The number of phenols is 1. The van der Waals surface area contributed by atoms with Crippen LogP contribution in [0.5, 0.6) is 5.75 Å². The maximum atomic E-state index is 12.3. The second kappa shape index (κ2) is 5.10. The number of rotatable bonds is 1. The highest BCUT2D eigenvalue weighted by atomic mass is 35.5. The van der Waals surface area contributed by atoms with Gasteiger partial charge in [0.15, 0.2) is 0 Å². The molecule has 1 heterocycles. The van der Waals surface area contributed by atoms with Crippen LogP contribution in [-0.4, -0.2) is 16.9 Å². The van der Waals surface area contributed by atoms with Gasteiger partial charge in [0.25, 0.3) is 0 Å². The third-order valence-corrected chi connectivity index (χ3v) is 3.38. The fraction of sp³-hybridized carbons (Fsp3) is 0.0667. The zero-order valence-corrected chi connectivity index (χ0v) is 11.6. The Balaban J connectivity index is 2.18. The van der Waals surface area contributed by atoms with E-state index >= 15 is 0 Å².